The molecular weight excluding hydrogens is 336 g/mol. The van der Waals surface area contributed by atoms with Crippen molar-refractivity contribution in [3.05, 3.63) is 65.2 Å². The van der Waals surface area contributed by atoms with Gasteiger partial charge in [0.2, 0.25) is 15.9 Å². The standard InChI is InChI=1S/C19H24N2O3S/c1-14-7-5-9-17(11-14)13-20-19(22)16(3)21(25(4,23)24)18-10-6-8-15(2)12-18/h5-12,16H,13H2,1-4H3,(H,20,22)/t16-/m0/s1. The zero-order valence-electron chi connectivity index (χ0n) is 15.0. The minimum absolute atomic E-state index is 0.339. The molecule has 1 amide bonds. The van der Waals surface area contributed by atoms with Gasteiger partial charge in [0.1, 0.15) is 6.04 Å². The van der Waals surface area contributed by atoms with E-state index in [0.717, 1.165) is 27.3 Å². The van der Waals surface area contributed by atoms with Gasteiger partial charge in [-0.2, -0.15) is 0 Å². The number of anilines is 1. The van der Waals surface area contributed by atoms with E-state index in [4.69, 9.17) is 0 Å². The Balaban J connectivity index is 2.18. The van der Waals surface area contributed by atoms with E-state index in [1.54, 1.807) is 25.1 Å². The topological polar surface area (TPSA) is 66.5 Å². The van der Waals surface area contributed by atoms with Crippen LogP contribution in [0.1, 0.15) is 23.6 Å². The van der Waals surface area contributed by atoms with Gasteiger partial charge in [-0.15, -0.1) is 0 Å². The van der Waals surface area contributed by atoms with Crippen LogP contribution >= 0.6 is 0 Å². The number of amides is 1. The Bertz CT molecular complexity index is 862. The lowest BCUT2D eigenvalue weighted by Crippen LogP contribution is -2.47. The predicted octanol–water partition coefficient (Wildman–Crippen LogP) is 2.77. The summed E-state index contributed by atoms with van der Waals surface area (Å²) >= 11 is 0. The number of hydrogen-bond donors (Lipinski definition) is 1. The zero-order chi connectivity index (χ0) is 18.6. The Morgan fingerprint density at radius 1 is 1.08 bits per heavy atom. The van der Waals surface area contributed by atoms with Gasteiger partial charge in [0.05, 0.1) is 11.9 Å². The van der Waals surface area contributed by atoms with E-state index in [2.05, 4.69) is 5.32 Å². The Morgan fingerprint density at radius 3 is 2.24 bits per heavy atom. The minimum atomic E-state index is -3.60. The highest BCUT2D eigenvalue weighted by atomic mass is 32.2. The van der Waals surface area contributed by atoms with Crippen LogP contribution < -0.4 is 9.62 Å². The summed E-state index contributed by atoms with van der Waals surface area (Å²) in [6, 6.07) is 14.1. The van der Waals surface area contributed by atoms with Gasteiger partial charge in [0.15, 0.2) is 0 Å². The highest BCUT2D eigenvalue weighted by molar-refractivity contribution is 7.92. The van der Waals surface area contributed by atoms with Crippen molar-refractivity contribution < 1.29 is 13.2 Å². The molecule has 1 N–H and O–H groups in total. The summed E-state index contributed by atoms with van der Waals surface area (Å²) in [6.45, 7) is 5.81. The van der Waals surface area contributed by atoms with Gasteiger partial charge < -0.3 is 5.32 Å². The SMILES string of the molecule is Cc1cccc(CNC(=O)[C@H](C)N(c2cccc(C)c2)S(C)(=O)=O)c1. The van der Waals surface area contributed by atoms with Crippen molar-refractivity contribution in [1.29, 1.82) is 0 Å². The molecule has 0 aliphatic rings. The molecule has 0 unspecified atom stereocenters. The van der Waals surface area contributed by atoms with Crippen LogP contribution in [0.4, 0.5) is 5.69 Å². The average molecular weight is 360 g/mol. The third kappa shape index (κ3) is 5.06. The first-order chi connectivity index (χ1) is 11.7. The molecule has 1 atom stereocenters. The number of nitrogens with zero attached hydrogens (tertiary/aromatic N) is 1. The second-order valence-electron chi connectivity index (χ2n) is 6.28. The van der Waals surface area contributed by atoms with Crippen LogP contribution in [0.3, 0.4) is 0 Å². The lowest BCUT2D eigenvalue weighted by molar-refractivity contribution is -0.122. The molecule has 0 saturated carbocycles. The van der Waals surface area contributed by atoms with Gasteiger partial charge in [0, 0.05) is 6.54 Å². The van der Waals surface area contributed by atoms with Crippen LogP contribution in [-0.2, 0) is 21.4 Å². The first-order valence-corrected chi connectivity index (χ1v) is 9.92. The molecule has 2 aromatic carbocycles. The largest absolute Gasteiger partial charge is 0.350 e. The van der Waals surface area contributed by atoms with Crippen molar-refractivity contribution in [2.75, 3.05) is 10.6 Å². The summed E-state index contributed by atoms with van der Waals surface area (Å²) in [5, 5.41) is 2.82. The predicted molar refractivity (Wildman–Crippen MR) is 101 cm³/mol. The van der Waals surface area contributed by atoms with Crippen LogP contribution in [0.25, 0.3) is 0 Å². The summed E-state index contributed by atoms with van der Waals surface area (Å²) < 4.78 is 25.7. The summed E-state index contributed by atoms with van der Waals surface area (Å²) in [4.78, 5) is 12.5. The van der Waals surface area contributed by atoms with Gasteiger partial charge >= 0.3 is 0 Å². The Kier molecular flexibility index (Phi) is 5.85. The normalized spacial score (nSPS) is 12.5. The molecule has 0 heterocycles. The molecule has 2 rings (SSSR count). The Hall–Kier alpha value is -2.34. The number of benzene rings is 2. The van der Waals surface area contributed by atoms with Crippen LogP contribution in [-0.4, -0.2) is 26.6 Å². The first-order valence-electron chi connectivity index (χ1n) is 8.08. The van der Waals surface area contributed by atoms with Crippen molar-refractivity contribution in [2.24, 2.45) is 0 Å². The van der Waals surface area contributed by atoms with Crippen LogP contribution in [0.15, 0.2) is 48.5 Å². The van der Waals surface area contributed by atoms with Gasteiger partial charge in [-0.05, 0) is 44.0 Å². The maximum atomic E-state index is 12.5. The summed E-state index contributed by atoms with van der Waals surface area (Å²) in [6.07, 6.45) is 1.11. The van der Waals surface area contributed by atoms with Crippen molar-refractivity contribution >= 4 is 21.6 Å². The van der Waals surface area contributed by atoms with E-state index in [1.165, 1.54) is 0 Å². The third-order valence-corrected chi connectivity index (χ3v) is 5.14. The van der Waals surface area contributed by atoms with E-state index in [0.29, 0.717) is 12.2 Å². The summed E-state index contributed by atoms with van der Waals surface area (Å²) in [7, 11) is -3.60. The van der Waals surface area contributed by atoms with Gasteiger partial charge in [0.25, 0.3) is 0 Å². The van der Waals surface area contributed by atoms with E-state index in [-0.39, 0.29) is 5.91 Å². The molecule has 0 aromatic heterocycles. The number of carbonyl (C=O) groups excluding carboxylic acids is 1. The van der Waals surface area contributed by atoms with Gasteiger partial charge in [-0.25, -0.2) is 8.42 Å². The van der Waals surface area contributed by atoms with Crippen molar-refractivity contribution in [3.63, 3.8) is 0 Å². The monoisotopic (exact) mass is 360 g/mol. The van der Waals surface area contributed by atoms with Gasteiger partial charge in [-0.1, -0.05) is 42.0 Å². The van der Waals surface area contributed by atoms with E-state index in [1.807, 2.05) is 44.2 Å². The maximum Gasteiger partial charge on any atom is 0.243 e. The molecular formula is C19H24N2O3S. The van der Waals surface area contributed by atoms with E-state index >= 15 is 0 Å². The third-order valence-electron chi connectivity index (χ3n) is 3.89. The smallest absolute Gasteiger partial charge is 0.243 e. The van der Waals surface area contributed by atoms with Crippen LogP contribution in [0, 0.1) is 13.8 Å². The van der Waals surface area contributed by atoms with Crippen molar-refractivity contribution in [3.8, 4) is 0 Å². The molecule has 134 valence electrons. The quantitative estimate of drug-likeness (QED) is 0.861. The number of carbonyl (C=O) groups is 1. The fraction of sp³-hybridized carbons (Fsp3) is 0.316. The van der Waals surface area contributed by atoms with E-state index in [9.17, 15) is 13.2 Å². The molecule has 0 radical (unpaired) electrons. The average Bonchev–Trinajstić information content (AvgIpc) is 2.51. The number of aryl methyl sites for hydroxylation is 2. The molecule has 0 aliphatic carbocycles. The zero-order valence-corrected chi connectivity index (χ0v) is 15.8. The molecule has 0 fully saturated rings. The number of rotatable bonds is 6. The van der Waals surface area contributed by atoms with E-state index < -0.39 is 16.1 Å². The molecule has 0 spiro atoms. The number of sulfonamides is 1. The van der Waals surface area contributed by atoms with Gasteiger partial charge in [-0.3, -0.25) is 9.10 Å². The van der Waals surface area contributed by atoms with Crippen LogP contribution in [0.5, 0.6) is 0 Å². The highest BCUT2D eigenvalue weighted by Gasteiger charge is 2.28. The molecule has 2 aromatic rings. The maximum absolute atomic E-state index is 12.5. The lowest BCUT2D eigenvalue weighted by atomic mass is 10.1. The molecule has 5 nitrogen and oxygen atoms in total. The molecule has 0 bridgehead atoms. The fourth-order valence-corrected chi connectivity index (χ4v) is 3.90. The molecule has 0 saturated heterocycles. The Morgan fingerprint density at radius 2 is 1.68 bits per heavy atom. The second kappa shape index (κ2) is 7.70. The summed E-state index contributed by atoms with van der Waals surface area (Å²) in [5.41, 5.74) is 3.50. The highest BCUT2D eigenvalue weighted by Crippen LogP contribution is 2.22. The molecule has 25 heavy (non-hydrogen) atoms. The van der Waals surface area contributed by atoms with Crippen LogP contribution in [0.2, 0.25) is 0 Å². The number of hydrogen-bond acceptors (Lipinski definition) is 3. The van der Waals surface area contributed by atoms with Crippen molar-refractivity contribution in [2.45, 2.75) is 33.4 Å². The lowest BCUT2D eigenvalue weighted by Gasteiger charge is -2.28. The Labute approximate surface area is 149 Å². The fourth-order valence-electron chi connectivity index (χ4n) is 2.73. The summed E-state index contributed by atoms with van der Waals surface area (Å²) in [5.74, 6) is -0.339. The minimum Gasteiger partial charge on any atom is -0.350 e. The second-order valence-corrected chi connectivity index (χ2v) is 8.14. The molecule has 0 aliphatic heterocycles. The molecule has 6 heteroatoms. The van der Waals surface area contributed by atoms with Crippen molar-refractivity contribution in [1.82, 2.24) is 5.32 Å². The first kappa shape index (κ1) is 19.0. The number of nitrogens with one attached hydrogen (secondary N) is 1.